The predicted molar refractivity (Wildman–Crippen MR) is 122 cm³/mol. The zero-order chi connectivity index (χ0) is 25.2. The van der Waals surface area contributed by atoms with Crippen LogP contribution in [0.1, 0.15) is 41.9 Å². The van der Waals surface area contributed by atoms with Gasteiger partial charge in [-0.05, 0) is 73.2 Å². The molecule has 1 aromatic carbocycles. The van der Waals surface area contributed by atoms with Crippen LogP contribution >= 0.6 is 0 Å². The smallest absolute Gasteiger partial charge is 0.366 e. The first kappa shape index (κ1) is 24.6. The molecule has 2 heterocycles. The molecule has 0 atom stereocenters. The highest BCUT2D eigenvalue weighted by Crippen LogP contribution is 2.32. The van der Waals surface area contributed by atoms with Gasteiger partial charge in [-0.15, -0.1) is 10.2 Å². The van der Waals surface area contributed by atoms with E-state index in [0.717, 1.165) is 11.6 Å². The quantitative estimate of drug-likeness (QED) is 0.521. The molecular formula is C23H22F3N5O3S. The molecule has 4 rings (SSSR count). The van der Waals surface area contributed by atoms with Crippen molar-refractivity contribution in [3.63, 3.8) is 0 Å². The van der Waals surface area contributed by atoms with Crippen molar-refractivity contribution in [2.75, 3.05) is 5.32 Å². The number of benzene rings is 1. The summed E-state index contributed by atoms with van der Waals surface area (Å²) in [6.45, 7) is 0. The zero-order valence-electron chi connectivity index (χ0n) is 18.4. The Labute approximate surface area is 199 Å². The van der Waals surface area contributed by atoms with Crippen LogP contribution in [-0.4, -0.2) is 40.8 Å². The lowest BCUT2D eigenvalue weighted by molar-refractivity contribution is -0.141. The number of rotatable bonds is 6. The minimum atomic E-state index is -4.55. The van der Waals surface area contributed by atoms with Crippen LogP contribution in [0.2, 0.25) is 0 Å². The van der Waals surface area contributed by atoms with Gasteiger partial charge in [-0.25, -0.2) is 8.42 Å². The third-order valence-electron chi connectivity index (χ3n) is 5.95. The molecule has 1 aliphatic rings. The third kappa shape index (κ3) is 5.59. The second-order valence-electron chi connectivity index (χ2n) is 8.28. The van der Waals surface area contributed by atoms with Crippen molar-refractivity contribution in [3.05, 3.63) is 66.1 Å². The Balaban J connectivity index is 1.39. The molecule has 0 saturated heterocycles. The largest absolute Gasteiger partial charge is 0.435 e. The number of pyridine rings is 1. The Bertz CT molecular complexity index is 1310. The second-order valence-corrected chi connectivity index (χ2v) is 10.5. The first-order chi connectivity index (χ1) is 16.5. The van der Waals surface area contributed by atoms with Crippen LogP contribution in [-0.2, 0) is 16.0 Å². The number of aromatic nitrogens is 3. The summed E-state index contributed by atoms with van der Waals surface area (Å²) in [6.07, 6.45) is -1.23. The average molecular weight is 506 g/mol. The Morgan fingerprint density at radius 2 is 1.63 bits per heavy atom. The number of hydrogen-bond acceptors (Lipinski definition) is 7. The molecule has 12 heteroatoms. The van der Waals surface area contributed by atoms with Crippen LogP contribution in [0.4, 0.5) is 19.0 Å². The van der Waals surface area contributed by atoms with Gasteiger partial charge in [-0.2, -0.15) is 13.2 Å². The van der Waals surface area contributed by atoms with E-state index in [4.69, 9.17) is 5.73 Å². The lowest BCUT2D eigenvalue weighted by Crippen LogP contribution is -2.33. The van der Waals surface area contributed by atoms with Gasteiger partial charge >= 0.3 is 6.18 Å². The Morgan fingerprint density at radius 1 is 0.943 bits per heavy atom. The van der Waals surface area contributed by atoms with E-state index in [9.17, 15) is 26.4 Å². The topological polar surface area (TPSA) is 128 Å². The first-order valence-corrected chi connectivity index (χ1v) is 12.4. The minimum Gasteiger partial charge on any atom is -0.366 e. The number of carbonyl (C=O) groups is 1. The number of hydrogen-bond donors (Lipinski definition) is 2. The number of alkyl halides is 3. The number of amides is 1. The van der Waals surface area contributed by atoms with E-state index in [-0.39, 0.29) is 22.4 Å². The lowest BCUT2D eigenvalue weighted by Gasteiger charge is -2.29. The van der Waals surface area contributed by atoms with Gasteiger partial charge in [0.2, 0.25) is 0 Å². The zero-order valence-corrected chi connectivity index (χ0v) is 19.2. The molecule has 184 valence electrons. The summed E-state index contributed by atoms with van der Waals surface area (Å²) in [5.74, 6) is -0.433. The molecule has 0 radical (unpaired) electrons. The summed E-state index contributed by atoms with van der Waals surface area (Å²) in [4.78, 5) is 15.5. The van der Waals surface area contributed by atoms with E-state index < -0.39 is 32.9 Å². The molecule has 1 saturated carbocycles. The van der Waals surface area contributed by atoms with Crippen LogP contribution < -0.4 is 11.1 Å². The molecule has 0 spiro atoms. The summed E-state index contributed by atoms with van der Waals surface area (Å²) in [7, 11) is -3.57. The van der Waals surface area contributed by atoms with Crippen molar-refractivity contribution in [2.24, 2.45) is 5.73 Å². The second kappa shape index (κ2) is 9.61. The number of carbonyl (C=O) groups excluding carboxylic acids is 1. The standard InChI is InChI=1S/C23H22F3N5O3S/c24-23(25,26)20-9-10-21(31-30-20)29-16-3-7-18(8-4-16)35(33,34)17-5-1-14(2-6-17)15-11-12-28-19(13-15)22(27)32/h1-2,5-6,9-13,16,18H,3-4,7-8H2,(H2,27,32)(H,29,31). The van der Waals surface area contributed by atoms with Gasteiger partial charge in [0.25, 0.3) is 5.91 Å². The number of anilines is 1. The van der Waals surface area contributed by atoms with E-state index in [1.54, 1.807) is 24.3 Å². The Kier molecular flexibility index (Phi) is 6.75. The maximum atomic E-state index is 13.2. The maximum absolute atomic E-state index is 13.2. The van der Waals surface area contributed by atoms with Crippen LogP contribution in [0.5, 0.6) is 0 Å². The number of nitrogens with two attached hydrogens (primary N) is 1. The van der Waals surface area contributed by atoms with Gasteiger partial charge in [-0.3, -0.25) is 9.78 Å². The normalized spacial score (nSPS) is 18.7. The van der Waals surface area contributed by atoms with Gasteiger partial charge in [0, 0.05) is 12.2 Å². The molecule has 0 aliphatic heterocycles. The third-order valence-corrected chi connectivity index (χ3v) is 8.23. The fourth-order valence-electron chi connectivity index (χ4n) is 4.06. The minimum absolute atomic E-state index is 0.110. The number of primary amides is 1. The van der Waals surface area contributed by atoms with E-state index in [0.29, 0.717) is 31.2 Å². The van der Waals surface area contributed by atoms with Gasteiger partial charge < -0.3 is 11.1 Å². The van der Waals surface area contributed by atoms with Gasteiger partial charge in [0.05, 0.1) is 10.1 Å². The van der Waals surface area contributed by atoms with Gasteiger partial charge in [-0.1, -0.05) is 12.1 Å². The van der Waals surface area contributed by atoms with E-state index >= 15 is 0 Å². The van der Waals surface area contributed by atoms with Crippen molar-refractivity contribution in [1.29, 1.82) is 0 Å². The SMILES string of the molecule is NC(=O)c1cc(-c2ccc(S(=O)(=O)C3CCC(Nc4ccc(C(F)(F)F)nn4)CC3)cc2)ccn1. The van der Waals surface area contributed by atoms with Gasteiger partial charge in [0.1, 0.15) is 11.5 Å². The first-order valence-electron chi connectivity index (χ1n) is 10.8. The van der Waals surface area contributed by atoms with Crippen molar-refractivity contribution < 1.29 is 26.4 Å². The molecule has 1 amide bonds. The van der Waals surface area contributed by atoms with Crippen LogP contribution in [0, 0.1) is 0 Å². The molecule has 0 bridgehead atoms. The van der Waals surface area contributed by atoms with Crippen molar-refractivity contribution in [2.45, 2.75) is 48.0 Å². The van der Waals surface area contributed by atoms with E-state index in [1.165, 1.54) is 24.4 Å². The highest BCUT2D eigenvalue weighted by molar-refractivity contribution is 7.92. The van der Waals surface area contributed by atoms with E-state index in [1.807, 2.05) is 0 Å². The molecule has 35 heavy (non-hydrogen) atoms. The Hall–Kier alpha value is -3.54. The molecule has 1 aliphatic carbocycles. The molecule has 0 unspecified atom stereocenters. The molecule has 3 aromatic rings. The predicted octanol–water partition coefficient (Wildman–Crippen LogP) is 3.85. The van der Waals surface area contributed by atoms with Crippen molar-refractivity contribution in [1.82, 2.24) is 15.2 Å². The monoisotopic (exact) mass is 505 g/mol. The number of sulfone groups is 1. The Morgan fingerprint density at radius 3 is 2.20 bits per heavy atom. The van der Waals surface area contributed by atoms with Crippen molar-refractivity contribution in [3.8, 4) is 11.1 Å². The molecule has 8 nitrogen and oxygen atoms in total. The highest BCUT2D eigenvalue weighted by Gasteiger charge is 2.34. The summed E-state index contributed by atoms with van der Waals surface area (Å²) < 4.78 is 64.2. The van der Waals surface area contributed by atoms with E-state index in [2.05, 4.69) is 20.5 Å². The summed E-state index contributed by atoms with van der Waals surface area (Å²) in [5, 5.41) is 9.24. The van der Waals surface area contributed by atoms with Gasteiger partial charge in [0.15, 0.2) is 15.5 Å². The number of nitrogens with zero attached hydrogens (tertiary/aromatic N) is 3. The fraction of sp³-hybridized carbons (Fsp3) is 0.304. The number of halogens is 3. The van der Waals surface area contributed by atoms with Crippen molar-refractivity contribution >= 4 is 21.6 Å². The number of nitrogens with one attached hydrogen (secondary N) is 1. The summed E-state index contributed by atoms with van der Waals surface area (Å²) in [6, 6.07) is 11.6. The molecule has 3 N–H and O–H groups in total. The highest BCUT2D eigenvalue weighted by atomic mass is 32.2. The lowest BCUT2D eigenvalue weighted by atomic mass is 9.95. The van der Waals surface area contributed by atoms with Crippen LogP contribution in [0.25, 0.3) is 11.1 Å². The molecular weight excluding hydrogens is 483 g/mol. The summed E-state index contributed by atoms with van der Waals surface area (Å²) in [5.41, 5.74) is 5.73. The van der Waals surface area contributed by atoms with Crippen LogP contribution in [0.15, 0.2) is 59.6 Å². The molecule has 2 aromatic heterocycles. The molecule has 1 fully saturated rings. The average Bonchev–Trinajstić information content (AvgIpc) is 2.84. The summed E-state index contributed by atoms with van der Waals surface area (Å²) >= 11 is 0. The van der Waals surface area contributed by atoms with Crippen LogP contribution in [0.3, 0.4) is 0 Å². The maximum Gasteiger partial charge on any atom is 0.435 e. The fourth-order valence-corrected chi connectivity index (χ4v) is 5.85.